The van der Waals surface area contributed by atoms with E-state index in [-0.39, 0.29) is 0 Å². The fourth-order valence-electron chi connectivity index (χ4n) is 2.78. The lowest BCUT2D eigenvalue weighted by molar-refractivity contribution is 0.512. The summed E-state index contributed by atoms with van der Waals surface area (Å²) in [7, 11) is 1.95. The van der Waals surface area contributed by atoms with Gasteiger partial charge in [0.25, 0.3) is 0 Å². The van der Waals surface area contributed by atoms with Gasteiger partial charge in [0.2, 0.25) is 0 Å². The third-order valence-corrected chi connectivity index (χ3v) is 3.79. The highest BCUT2D eigenvalue weighted by Crippen LogP contribution is 2.25. The molecule has 0 aromatic carbocycles. The van der Waals surface area contributed by atoms with Gasteiger partial charge in [-0.05, 0) is 26.3 Å². The van der Waals surface area contributed by atoms with Crippen LogP contribution in [0.2, 0.25) is 0 Å². The minimum absolute atomic E-state index is 0.369. The van der Waals surface area contributed by atoms with E-state index in [0.29, 0.717) is 6.04 Å². The average molecular weight is 259 g/mol. The molecule has 0 radical (unpaired) electrons. The van der Waals surface area contributed by atoms with Gasteiger partial charge in [-0.1, -0.05) is 12.8 Å². The molecule has 0 spiro atoms. The highest BCUT2D eigenvalue weighted by atomic mass is 15.2. The molecule has 102 valence electrons. The predicted octanol–water partition coefficient (Wildman–Crippen LogP) is 2.32. The zero-order valence-electron chi connectivity index (χ0n) is 11.6. The molecule has 1 atom stereocenters. The second-order valence-corrected chi connectivity index (χ2v) is 5.34. The Morgan fingerprint density at radius 2 is 2.21 bits per heavy atom. The van der Waals surface area contributed by atoms with Crippen LogP contribution in [-0.2, 0) is 7.05 Å². The third kappa shape index (κ3) is 2.56. The molecule has 1 aliphatic rings. The summed E-state index contributed by atoms with van der Waals surface area (Å²) in [6.07, 6.45) is 8.99. The molecule has 2 aromatic rings. The monoisotopic (exact) mass is 259 g/mol. The van der Waals surface area contributed by atoms with E-state index in [9.17, 15) is 0 Å². The van der Waals surface area contributed by atoms with Crippen LogP contribution in [0.5, 0.6) is 0 Å². The molecule has 3 heterocycles. The van der Waals surface area contributed by atoms with Crippen LogP contribution < -0.4 is 5.32 Å². The molecule has 1 unspecified atom stereocenters. The summed E-state index contributed by atoms with van der Waals surface area (Å²) in [5.74, 6) is 1.06. The third-order valence-electron chi connectivity index (χ3n) is 3.79. The summed E-state index contributed by atoms with van der Waals surface area (Å²) in [6, 6.07) is 0.369. The Bertz CT molecular complexity index is 546. The van der Waals surface area contributed by atoms with E-state index in [1.54, 1.807) is 0 Å². The van der Waals surface area contributed by atoms with E-state index in [1.807, 2.05) is 31.0 Å². The molecule has 0 amide bonds. The molecular weight excluding hydrogens is 238 g/mol. The normalized spacial score (nSPS) is 20.4. The highest BCUT2D eigenvalue weighted by Gasteiger charge is 2.17. The number of aromatic nitrogens is 4. The minimum Gasteiger partial charge on any atom is -0.341 e. The number of nitrogens with one attached hydrogen (secondary N) is 2. The topological polar surface area (TPSA) is 58.5 Å². The van der Waals surface area contributed by atoms with Crippen LogP contribution in [0.25, 0.3) is 11.3 Å². The van der Waals surface area contributed by atoms with Gasteiger partial charge >= 0.3 is 0 Å². The smallest absolute Gasteiger partial charge is 0.123 e. The maximum Gasteiger partial charge on any atom is 0.123 e. The van der Waals surface area contributed by atoms with Gasteiger partial charge in [0, 0.05) is 18.8 Å². The molecule has 1 aliphatic heterocycles. The van der Waals surface area contributed by atoms with Gasteiger partial charge in [-0.25, -0.2) is 4.98 Å². The lowest BCUT2D eigenvalue weighted by Gasteiger charge is -2.12. The number of aryl methyl sites for hydroxylation is 2. The number of hydrogen-bond acceptors (Lipinski definition) is 3. The van der Waals surface area contributed by atoms with Crippen molar-refractivity contribution in [2.24, 2.45) is 7.05 Å². The van der Waals surface area contributed by atoms with Crippen molar-refractivity contribution in [1.82, 2.24) is 25.1 Å². The number of hydrogen-bond donors (Lipinski definition) is 2. The first-order valence-corrected chi connectivity index (χ1v) is 7.03. The molecular formula is C14H21N5. The maximum absolute atomic E-state index is 4.55. The largest absolute Gasteiger partial charge is 0.341 e. The Hall–Kier alpha value is -1.62. The van der Waals surface area contributed by atoms with Crippen LogP contribution in [0.1, 0.15) is 43.2 Å². The molecule has 3 rings (SSSR count). The van der Waals surface area contributed by atoms with Gasteiger partial charge in [-0.15, -0.1) is 0 Å². The lowest BCUT2D eigenvalue weighted by atomic mass is 10.1. The number of nitrogens with zero attached hydrogens (tertiary/aromatic N) is 3. The Morgan fingerprint density at radius 3 is 3.00 bits per heavy atom. The molecule has 5 nitrogen and oxygen atoms in total. The van der Waals surface area contributed by atoms with Crippen LogP contribution in [0, 0.1) is 6.92 Å². The van der Waals surface area contributed by atoms with E-state index in [1.165, 1.54) is 25.7 Å². The first-order valence-electron chi connectivity index (χ1n) is 7.03. The van der Waals surface area contributed by atoms with Gasteiger partial charge in [0.15, 0.2) is 0 Å². The quantitative estimate of drug-likeness (QED) is 0.870. The first kappa shape index (κ1) is 12.4. The Kier molecular flexibility index (Phi) is 3.38. The summed E-state index contributed by atoms with van der Waals surface area (Å²) < 4.78 is 1.84. The second kappa shape index (κ2) is 5.17. The van der Waals surface area contributed by atoms with Gasteiger partial charge in [0.1, 0.15) is 5.82 Å². The summed E-state index contributed by atoms with van der Waals surface area (Å²) >= 11 is 0. The van der Waals surface area contributed by atoms with Crippen molar-refractivity contribution in [3.05, 3.63) is 23.9 Å². The molecule has 1 fully saturated rings. The van der Waals surface area contributed by atoms with E-state index in [4.69, 9.17) is 0 Å². The van der Waals surface area contributed by atoms with Gasteiger partial charge in [-0.3, -0.25) is 4.68 Å². The van der Waals surface area contributed by atoms with Crippen molar-refractivity contribution in [1.29, 1.82) is 0 Å². The van der Waals surface area contributed by atoms with E-state index < -0.39 is 0 Å². The van der Waals surface area contributed by atoms with Crippen LogP contribution in [0.4, 0.5) is 0 Å². The molecule has 1 saturated heterocycles. The zero-order valence-corrected chi connectivity index (χ0v) is 11.6. The SMILES string of the molecule is Cc1nn(C)cc1-c1cnc(C2CCCCCN2)[nH]1. The molecule has 19 heavy (non-hydrogen) atoms. The van der Waals surface area contributed by atoms with Crippen LogP contribution in [-0.4, -0.2) is 26.3 Å². The Balaban J connectivity index is 1.84. The lowest BCUT2D eigenvalue weighted by Crippen LogP contribution is -2.21. The average Bonchev–Trinajstić information content (AvgIpc) is 2.88. The molecule has 0 saturated carbocycles. The van der Waals surface area contributed by atoms with E-state index in [2.05, 4.69) is 20.4 Å². The molecule has 2 N–H and O–H groups in total. The number of rotatable bonds is 2. The molecule has 2 aromatic heterocycles. The van der Waals surface area contributed by atoms with Crippen molar-refractivity contribution in [3.63, 3.8) is 0 Å². The Morgan fingerprint density at radius 1 is 1.32 bits per heavy atom. The molecule has 0 aliphatic carbocycles. The van der Waals surface area contributed by atoms with E-state index >= 15 is 0 Å². The fraction of sp³-hybridized carbons (Fsp3) is 0.571. The second-order valence-electron chi connectivity index (χ2n) is 5.34. The predicted molar refractivity (Wildman–Crippen MR) is 74.7 cm³/mol. The zero-order chi connectivity index (χ0) is 13.2. The molecule has 5 heteroatoms. The minimum atomic E-state index is 0.369. The summed E-state index contributed by atoms with van der Waals surface area (Å²) in [5.41, 5.74) is 3.23. The summed E-state index contributed by atoms with van der Waals surface area (Å²) in [4.78, 5) is 8.01. The first-order chi connectivity index (χ1) is 9.24. The van der Waals surface area contributed by atoms with Gasteiger partial charge in [-0.2, -0.15) is 5.10 Å². The molecule has 0 bridgehead atoms. The van der Waals surface area contributed by atoms with Crippen molar-refractivity contribution in [2.45, 2.75) is 38.6 Å². The van der Waals surface area contributed by atoms with Crippen molar-refractivity contribution in [2.75, 3.05) is 6.54 Å². The van der Waals surface area contributed by atoms with Crippen LogP contribution in [0.3, 0.4) is 0 Å². The highest BCUT2D eigenvalue weighted by molar-refractivity contribution is 5.60. The van der Waals surface area contributed by atoms with Crippen LogP contribution >= 0.6 is 0 Å². The summed E-state index contributed by atoms with van der Waals surface area (Å²) in [6.45, 7) is 3.12. The van der Waals surface area contributed by atoms with Crippen molar-refractivity contribution >= 4 is 0 Å². The van der Waals surface area contributed by atoms with Crippen molar-refractivity contribution < 1.29 is 0 Å². The number of imidazole rings is 1. The van der Waals surface area contributed by atoms with Gasteiger partial charge in [0.05, 0.1) is 23.6 Å². The Labute approximate surface area is 113 Å². The van der Waals surface area contributed by atoms with E-state index in [0.717, 1.165) is 29.3 Å². The number of H-pyrrole nitrogens is 1. The standard InChI is InChI=1S/C14H21N5/c1-10-11(9-19(2)18-10)13-8-16-14(17-13)12-6-4-3-5-7-15-12/h8-9,12,15H,3-7H2,1-2H3,(H,16,17). The van der Waals surface area contributed by atoms with Gasteiger partial charge < -0.3 is 10.3 Å². The fourth-order valence-corrected chi connectivity index (χ4v) is 2.78. The summed E-state index contributed by atoms with van der Waals surface area (Å²) in [5, 5.41) is 7.95. The number of aromatic amines is 1. The van der Waals surface area contributed by atoms with Crippen LogP contribution in [0.15, 0.2) is 12.4 Å². The van der Waals surface area contributed by atoms with Crippen molar-refractivity contribution in [3.8, 4) is 11.3 Å². The maximum atomic E-state index is 4.55.